The highest BCUT2D eigenvalue weighted by Crippen LogP contribution is 2.30. The number of nitrogens with zero attached hydrogens (tertiary/aromatic N) is 3. The number of amides is 1. The minimum Gasteiger partial charge on any atom is -0.449 e. The highest BCUT2D eigenvalue weighted by atomic mass is 16.5. The molecule has 0 spiro atoms. The zero-order chi connectivity index (χ0) is 20.5. The Balaban J connectivity index is 1.57. The monoisotopic (exact) mass is 392 g/mol. The summed E-state index contributed by atoms with van der Waals surface area (Å²) in [5, 5.41) is 7.75. The molecule has 0 fully saturated rings. The van der Waals surface area contributed by atoms with Gasteiger partial charge in [0.2, 0.25) is 0 Å². The molecule has 1 aliphatic rings. The van der Waals surface area contributed by atoms with Gasteiger partial charge in [-0.15, -0.1) is 0 Å². The number of carbonyl (C=O) groups is 2. The third kappa shape index (κ3) is 3.60. The molecule has 0 radical (unpaired) electrons. The number of carbonyl (C=O) groups excluding carboxylic acids is 2. The van der Waals surface area contributed by atoms with E-state index in [0.717, 1.165) is 41.4 Å². The van der Waals surface area contributed by atoms with Crippen molar-refractivity contribution in [3.63, 3.8) is 0 Å². The van der Waals surface area contributed by atoms with Crippen LogP contribution < -0.4 is 5.32 Å². The van der Waals surface area contributed by atoms with Crippen molar-refractivity contribution in [3.05, 3.63) is 53.3 Å². The van der Waals surface area contributed by atoms with Crippen molar-refractivity contribution in [2.45, 2.75) is 52.2 Å². The van der Waals surface area contributed by atoms with Gasteiger partial charge in [0.05, 0.1) is 17.3 Å². The predicted octanol–water partition coefficient (Wildman–Crippen LogP) is 3.68. The number of para-hydroxylation sites is 1. The maximum absolute atomic E-state index is 13.1. The Kier molecular flexibility index (Phi) is 5.05. The molecule has 150 valence electrons. The number of pyridine rings is 1. The van der Waals surface area contributed by atoms with E-state index in [1.807, 2.05) is 38.1 Å². The van der Waals surface area contributed by atoms with E-state index in [2.05, 4.69) is 10.4 Å². The van der Waals surface area contributed by atoms with Gasteiger partial charge in [0.1, 0.15) is 5.82 Å². The van der Waals surface area contributed by atoms with Crippen LogP contribution in [0.25, 0.3) is 10.9 Å². The van der Waals surface area contributed by atoms with Gasteiger partial charge in [0.25, 0.3) is 5.91 Å². The van der Waals surface area contributed by atoms with Gasteiger partial charge in [0.15, 0.2) is 6.10 Å². The number of anilines is 1. The summed E-state index contributed by atoms with van der Waals surface area (Å²) in [6.07, 6.45) is 3.30. The minimum absolute atomic E-state index is 0.101. The third-order valence-electron chi connectivity index (χ3n) is 5.19. The van der Waals surface area contributed by atoms with Gasteiger partial charge in [-0.1, -0.05) is 18.2 Å². The highest BCUT2D eigenvalue weighted by Gasteiger charge is 2.27. The Labute approximate surface area is 169 Å². The topological polar surface area (TPSA) is 86.1 Å². The van der Waals surface area contributed by atoms with Crippen molar-refractivity contribution in [1.29, 1.82) is 0 Å². The fraction of sp³-hybridized carbons (Fsp3) is 0.364. The van der Waals surface area contributed by atoms with Crippen molar-refractivity contribution in [3.8, 4) is 0 Å². The Morgan fingerprint density at radius 2 is 1.93 bits per heavy atom. The second kappa shape index (κ2) is 7.66. The molecule has 0 bridgehead atoms. The number of benzene rings is 1. The Morgan fingerprint density at radius 1 is 1.14 bits per heavy atom. The molecule has 3 aromatic rings. The lowest BCUT2D eigenvalue weighted by atomic mass is 10.0. The molecular formula is C22H24N4O3. The van der Waals surface area contributed by atoms with Crippen molar-refractivity contribution in [1.82, 2.24) is 14.8 Å². The molecular weight excluding hydrogens is 368 g/mol. The molecule has 2 aromatic heterocycles. The fourth-order valence-electron chi connectivity index (χ4n) is 3.77. The number of ether oxygens (including phenoxy) is 1. The Hall–Kier alpha value is -3.22. The first-order valence-electron chi connectivity index (χ1n) is 9.91. The Morgan fingerprint density at radius 3 is 2.72 bits per heavy atom. The van der Waals surface area contributed by atoms with Crippen molar-refractivity contribution in [2.75, 3.05) is 5.32 Å². The number of rotatable bonds is 5. The number of nitrogens with one attached hydrogen (secondary N) is 1. The van der Waals surface area contributed by atoms with Crippen LogP contribution in [-0.4, -0.2) is 32.7 Å². The van der Waals surface area contributed by atoms with E-state index in [0.29, 0.717) is 11.4 Å². The maximum atomic E-state index is 13.1. The molecule has 4 rings (SSSR count). The second-order valence-corrected chi connectivity index (χ2v) is 7.57. The molecule has 1 aromatic carbocycles. The molecule has 0 saturated carbocycles. The van der Waals surface area contributed by atoms with E-state index in [1.165, 1.54) is 0 Å². The number of hydrogen-bond donors (Lipinski definition) is 1. The molecule has 1 N–H and O–H groups in total. The summed E-state index contributed by atoms with van der Waals surface area (Å²) >= 11 is 0. The van der Waals surface area contributed by atoms with Crippen LogP contribution in [0.4, 0.5) is 5.82 Å². The molecule has 0 aliphatic heterocycles. The molecule has 2 heterocycles. The van der Waals surface area contributed by atoms with E-state index < -0.39 is 18.0 Å². The van der Waals surface area contributed by atoms with Gasteiger partial charge in [-0.2, -0.15) is 5.10 Å². The first-order chi connectivity index (χ1) is 14.0. The van der Waals surface area contributed by atoms with Gasteiger partial charge in [-0.3, -0.25) is 9.78 Å². The van der Waals surface area contributed by atoms with E-state index in [1.54, 1.807) is 23.9 Å². The SMILES string of the molecule is CC(C)n1nccc1NC(=O)[C@H](C)OC(=O)c1c2c(nc3ccccc13)CCC2. The Bertz CT molecular complexity index is 1090. The summed E-state index contributed by atoms with van der Waals surface area (Å²) < 4.78 is 7.28. The zero-order valence-electron chi connectivity index (χ0n) is 16.8. The quantitative estimate of drug-likeness (QED) is 0.670. The summed E-state index contributed by atoms with van der Waals surface area (Å²) in [5.41, 5.74) is 3.21. The number of aryl methyl sites for hydroxylation is 1. The summed E-state index contributed by atoms with van der Waals surface area (Å²) in [6, 6.07) is 9.38. The van der Waals surface area contributed by atoms with Crippen molar-refractivity contribution in [2.24, 2.45) is 0 Å². The van der Waals surface area contributed by atoms with Gasteiger partial charge < -0.3 is 10.1 Å². The number of aromatic nitrogens is 3. The van der Waals surface area contributed by atoms with E-state index in [9.17, 15) is 9.59 Å². The van der Waals surface area contributed by atoms with Crippen LogP contribution in [0.3, 0.4) is 0 Å². The lowest BCUT2D eigenvalue weighted by Gasteiger charge is -2.17. The van der Waals surface area contributed by atoms with Gasteiger partial charge in [0, 0.05) is 23.2 Å². The van der Waals surface area contributed by atoms with Crippen LogP contribution in [-0.2, 0) is 22.4 Å². The predicted molar refractivity (Wildman–Crippen MR) is 110 cm³/mol. The summed E-state index contributed by atoms with van der Waals surface area (Å²) in [4.78, 5) is 30.4. The molecule has 29 heavy (non-hydrogen) atoms. The van der Waals surface area contributed by atoms with Crippen LogP contribution in [0.1, 0.15) is 54.8 Å². The third-order valence-corrected chi connectivity index (χ3v) is 5.19. The van der Waals surface area contributed by atoms with Crippen LogP contribution >= 0.6 is 0 Å². The molecule has 0 unspecified atom stereocenters. The second-order valence-electron chi connectivity index (χ2n) is 7.57. The lowest BCUT2D eigenvalue weighted by Crippen LogP contribution is -2.31. The van der Waals surface area contributed by atoms with Gasteiger partial charge in [-0.25, -0.2) is 9.48 Å². The standard InChI is InChI=1S/C22H24N4O3/c1-13(2)26-19(11-12-23-26)25-21(27)14(3)29-22(28)20-15-7-4-5-9-17(15)24-18-10-6-8-16(18)20/h4-5,7,9,11-14H,6,8,10H2,1-3H3,(H,25,27)/t14-/m0/s1. The number of hydrogen-bond acceptors (Lipinski definition) is 5. The molecule has 1 aliphatic carbocycles. The van der Waals surface area contributed by atoms with E-state index in [4.69, 9.17) is 9.72 Å². The van der Waals surface area contributed by atoms with Crippen LogP contribution in [0, 0.1) is 0 Å². The van der Waals surface area contributed by atoms with E-state index >= 15 is 0 Å². The van der Waals surface area contributed by atoms with Crippen molar-refractivity contribution >= 4 is 28.6 Å². The normalized spacial score (nSPS) is 14.1. The average molecular weight is 392 g/mol. The van der Waals surface area contributed by atoms with Crippen LogP contribution in [0.15, 0.2) is 36.5 Å². The number of fused-ring (bicyclic) bond motifs is 2. The first kappa shape index (κ1) is 19.1. The highest BCUT2D eigenvalue weighted by molar-refractivity contribution is 6.06. The molecule has 1 amide bonds. The van der Waals surface area contributed by atoms with Gasteiger partial charge >= 0.3 is 5.97 Å². The van der Waals surface area contributed by atoms with Crippen LogP contribution in [0.2, 0.25) is 0 Å². The number of esters is 1. The maximum Gasteiger partial charge on any atom is 0.339 e. The smallest absolute Gasteiger partial charge is 0.339 e. The largest absolute Gasteiger partial charge is 0.449 e. The fourth-order valence-corrected chi connectivity index (χ4v) is 3.77. The summed E-state index contributed by atoms with van der Waals surface area (Å²) in [7, 11) is 0. The lowest BCUT2D eigenvalue weighted by molar-refractivity contribution is -0.123. The average Bonchev–Trinajstić information content (AvgIpc) is 3.34. The van der Waals surface area contributed by atoms with Crippen LogP contribution in [0.5, 0.6) is 0 Å². The molecule has 7 nitrogen and oxygen atoms in total. The zero-order valence-corrected chi connectivity index (χ0v) is 16.8. The van der Waals surface area contributed by atoms with Crippen molar-refractivity contribution < 1.29 is 14.3 Å². The molecule has 1 atom stereocenters. The molecule has 7 heteroatoms. The summed E-state index contributed by atoms with van der Waals surface area (Å²) in [5.74, 6) is -0.305. The van der Waals surface area contributed by atoms with Gasteiger partial charge in [-0.05, 0) is 51.7 Å². The molecule has 0 saturated heterocycles. The minimum atomic E-state index is -0.943. The first-order valence-corrected chi connectivity index (χ1v) is 9.91. The summed E-state index contributed by atoms with van der Waals surface area (Å²) in [6.45, 7) is 5.52. The van der Waals surface area contributed by atoms with E-state index in [-0.39, 0.29) is 6.04 Å².